The predicted octanol–water partition coefficient (Wildman–Crippen LogP) is 2.44. The van der Waals surface area contributed by atoms with Gasteiger partial charge < -0.3 is 10.4 Å². The molecule has 8 heteroatoms. The van der Waals surface area contributed by atoms with E-state index in [1.807, 2.05) is 0 Å². The summed E-state index contributed by atoms with van der Waals surface area (Å²) in [6, 6.07) is 7.65. The van der Waals surface area contributed by atoms with E-state index in [-0.39, 0.29) is 11.4 Å². The number of aromatic hydroxyl groups is 1. The third-order valence-electron chi connectivity index (χ3n) is 2.60. The quantitative estimate of drug-likeness (QED) is 0.853. The van der Waals surface area contributed by atoms with E-state index in [1.165, 1.54) is 18.2 Å². The molecule has 0 aromatic heterocycles. The Labute approximate surface area is 119 Å². The summed E-state index contributed by atoms with van der Waals surface area (Å²) in [7, 11) is -5.03. The van der Waals surface area contributed by atoms with Gasteiger partial charge in [-0.1, -0.05) is 12.1 Å². The summed E-state index contributed by atoms with van der Waals surface area (Å²) in [5, 5.41) is 11.2. The lowest BCUT2D eigenvalue weighted by Gasteiger charge is -2.09. The average Bonchev–Trinajstić information content (AvgIpc) is 2.37. The van der Waals surface area contributed by atoms with Gasteiger partial charge in [0.15, 0.2) is 0 Å². The van der Waals surface area contributed by atoms with Crippen molar-refractivity contribution < 1.29 is 26.6 Å². The molecule has 5 nitrogen and oxygen atoms in total. The number of nitrogens with one attached hydrogen (secondary N) is 1. The van der Waals surface area contributed by atoms with Gasteiger partial charge in [0.05, 0.1) is 11.3 Å². The number of phenolic OH excluding ortho intramolecular Hbond substituents is 1. The van der Waals surface area contributed by atoms with Crippen LogP contribution in [-0.4, -0.2) is 19.4 Å². The average molecular weight is 313 g/mol. The lowest BCUT2D eigenvalue weighted by molar-refractivity contribution is 0.102. The van der Waals surface area contributed by atoms with Gasteiger partial charge in [0.1, 0.15) is 16.5 Å². The van der Waals surface area contributed by atoms with E-state index < -0.39 is 32.4 Å². The van der Waals surface area contributed by atoms with Crippen molar-refractivity contribution in [2.45, 2.75) is 4.90 Å². The van der Waals surface area contributed by atoms with Gasteiger partial charge in [-0.15, -0.1) is 3.89 Å². The molecule has 2 aromatic carbocycles. The first kappa shape index (κ1) is 14.9. The minimum absolute atomic E-state index is 0.308. The van der Waals surface area contributed by atoms with Gasteiger partial charge in [-0.25, -0.2) is 4.39 Å². The van der Waals surface area contributed by atoms with E-state index >= 15 is 0 Å². The van der Waals surface area contributed by atoms with Gasteiger partial charge in [-0.3, -0.25) is 4.79 Å². The van der Waals surface area contributed by atoms with Crippen LogP contribution in [0.25, 0.3) is 0 Å². The fourth-order valence-electron chi connectivity index (χ4n) is 1.66. The molecule has 2 N–H and O–H groups in total. The fraction of sp³-hybridized carbons (Fsp3) is 0. The van der Waals surface area contributed by atoms with Gasteiger partial charge in [0.25, 0.3) is 5.91 Å². The Hall–Kier alpha value is -2.48. The molecule has 0 saturated carbocycles. The number of rotatable bonds is 3. The van der Waals surface area contributed by atoms with Crippen LogP contribution >= 0.6 is 0 Å². The molecule has 0 unspecified atom stereocenters. The van der Waals surface area contributed by atoms with E-state index in [0.29, 0.717) is 0 Å². The highest BCUT2D eigenvalue weighted by atomic mass is 32.3. The first-order valence-corrected chi connectivity index (χ1v) is 7.01. The van der Waals surface area contributed by atoms with Crippen molar-refractivity contribution in [3.63, 3.8) is 0 Å². The summed E-state index contributed by atoms with van der Waals surface area (Å²) in [5.74, 6) is -2.33. The van der Waals surface area contributed by atoms with Crippen molar-refractivity contribution in [2.24, 2.45) is 0 Å². The molecule has 0 atom stereocenters. The van der Waals surface area contributed by atoms with Gasteiger partial charge in [-0.2, -0.15) is 8.42 Å². The molecule has 0 spiro atoms. The van der Waals surface area contributed by atoms with Crippen molar-refractivity contribution in [3.05, 3.63) is 53.8 Å². The molecule has 0 fully saturated rings. The highest BCUT2D eigenvalue weighted by Crippen LogP contribution is 2.24. The van der Waals surface area contributed by atoms with Gasteiger partial charge in [0, 0.05) is 6.07 Å². The molecular formula is C13H9F2NO4S. The van der Waals surface area contributed by atoms with Crippen LogP contribution in [0.3, 0.4) is 0 Å². The summed E-state index contributed by atoms with van der Waals surface area (Å²) in [6.45, 7) is 0. The number of anilines is 1. The molecule has 0 bridgehead atoms. The van der Waals surface area contributed by atoms with E-state index in [9.17, 15) is 21.5 Å². The Morgan fingerprint density at radius 3 is 2.43 bits per heavy atom. The fourth-order valence-corrected chi connectivity index (χ4v) is 2.28. The monoisotopic (exact) mass is 313 g/mol. The molecule has 0 radical (unpaired) electrons. The summed E-state index contributed by atoms with van der Waals surface area (Å²) in [5.41, 5.74) is -0.726. The third-order valence-corrected chi connectivity index (χ3v) is 3.48. The van der Waals surface area contributed by atoms with Crippen molar-refractivity contribution in [2.75, 3.05) is 5.32 Å². The molecule has 2 rings (SSSR count). The van der Waals surface area contributed by atoms with Crippen LogP contribution < -0.4 is 5.32 Å². The number of benzene rings is 2. The molecule has 0 heterocycles. The number of carbonyl (C=O) groups excluding carboxylic acids is 1. The number of amides is 1. The SMILES string of the molecule is O=C(Nc1ccccc1S(=O)(=O)F)c1ccc(O)cc1F. The maximum absolute atomic E-state index is 13.5. The van der Waals surface area contributed by atoms with Crippen LogP contribution in [-0.2, 0) is 10.2 Å². The zero-order valence-electron chi connectivity index (χ0n) is 10.4. The number of hydrogen-bond donors (Lipinski definition) is 2. The third kappa shape index (κ3) is 3.34. The lowest BCUT2D eigenvalue weighted by atomic mass is 10.2. The maximum Gasteiger partial charge on any atom is 0.334 e. The zero-order valence-corrected chi connectivity index (χ0v) is 11.2. The van der Waals surface area contributed by atoms with Crippen LogP contribution in [0, 0.1) is 5.82 Å². The van der Waals surface area contributed by atoms with Crippen molar-refractivity contribution in [1.29, 1.82) is 0 Å². The van der Waals surface area contributed by atoms with Crippen molar-refractivity contribution in [1.82, 2.24) is 0 Å². The van der Waals surface area contributed by atoms with E-state index in [4.69, 9.17) is 5.11 Å². The Bertz CT molecular complexity index is 806. The molecule has 0 aliphatic carbocycles. The molecule has 21 heavy (non-hydrogen) atoms. The van der Waals surface area contributed by atoms with Crippen molar-refractivity contribution in [3.8, 4) is 5.75 Å². The molecular weight excluding hydrogens is 304 g/mol. The van der Waals surface area contributed by atoms with Gasteiger partial charge in [0.2, 0.25) is 0 Å². The minimum atomic E-state index is -5.03. The summed E-state index contributed by atoms with van der Waals surface area (Å²) < 4.78 is 48.5. The van der Waals surface area contributed by atoms with Gasteiger partial charge in [-0.05, 0) is 24.3 Å². The predicted molar refractivity (Wildman–Crippen MR) is 70.8 cm³/mol. The molecule has 0 saturated heterocycles. The standard InChI is InChI=1S/C13H9F2NO4S/c14-10-7-8(17)5-6-9(10)13(18)16-11-3-1-2-4-12(11)21(15,19)20/h1-7,17H,(H,16,18). The maximum atomic E-state index is 13.5. The Morgan fingerprint density at radius 1 is 1.14 bits per heavy atom. The smallest absolute Gasteiger partial charge is 0.334 e. The van der Waals surface area contributed by atoms with Gasteiger partial charge >= 0.3 is 10.2 Å². The molecule has 110 valence electrons. The van der Waals surface area contributed by atoms with Crippen molar-refractivity contribution >= 4 is 21.8 Å². The van der Waals surface area contributed by atoms with Crippen LogP contribution in [0.4, 0.5) is 14.0 Å². The van der Waals surface area contributed by atoms with E-state index in [0.717, 1.165) is 24.3 Å². The normalized spacial score (nSPS) is 11.1. The molecule has 0 aliphatic heterocycles. The Balaban J connectivity index is 2.37. The highest BCUT2D eigenvalue weighted by Gasteiger charge is 2.20. The number of hydrogen-bond acceptors (Lipinski definition) is 4. The Morgan fingerprint density at radius 2 is 1.81 bits per heavy atom. The minimum Gasteiger partial charge on any atom is -0.508 e. The second-order valence-corrected chi connectivity index (χ2v) is 5.37. The number of carbonyl (C=O) groups is 1. The van der Waals surface area contributed by atoms with E-state index in [1.54, 1.807) is 0 Å². The second-order valence-electron chi connectivity index (χ2n) is 4.05. The number of para-hydroxylation sites is 1. The number of halogens is 2. The highest BCUT2D eigenvalue weighted by molar-refractivity contribution is 7.86. The van der Waals surface area contributed by atoms with Crippen LogP contribution in [0.2, 0.25) is 0 Å². The van der Waals surface area contributed by atoms with E-state index in [2.05, 4.69) is 5.32 Å². The van der Waals surface area contributed by atoms with Crippen LogP contribution in [0.5, 0.6) is 5.75 Å². The molecule has 0 aliphatic rings. The Kier molecular flexibility index (Phi) is 3.90. The van der Waals surface area contributed by atoms with Crippen LogP contribution in [0.1, 0.15) is 10.4 Å². The second kappa shape index (κ2) is 5.49. The topological polar surface area (TPSA) is 83.5 Å². The summed E-state index contributed by atoms with van der Waals surface area (Å²) in [6.07, 6.45) is 0. The largest absolute Gasteiger partial charge is 0.508 e. The van der Waals surface area contributed by atoms with Crippen LogP contribution in [0.15, 0.2) is 47.4 Å². The first-order chi connectivity index (χ1) is 9.79. The molecule has 1 amide bonds. The number of phenols is 1. The zero-order chi connectivity index (χ0) is 15.6. The first-order valence-electron chi connectivity index (χ1n) is 5.62. The molecule has 2 aromatic rings. The summed E-state index contributed by atoms with van der Waals surface area (Å²) in [4.78, 5) is 11.2. The summed E-state index contributed by atoms with van der Waals surface area (Å²) >= 11 is 0. The lowest BCUT2D eigenvalue weighted by Crippen LogP contribution is -2.15.